The largest absolute Gasteiger partial charge is 0.478 e. The number of rotatable bonds is 10. The van der Waals surface area contributed by atoms with E-state index in [-0.39, 0.29) is 28.3 Å². The summed E-state index contributed by atoms with van der Waals surface area (Å²) in [5, 5.41) is 23.9. The molecule has 0 aliphatic heterocycles. The number of nitrogens with zero attached hydrogens (tertiary/aromatic N) is 3. The molecule has 2 aromatic carbocycles. The molecule has 0 aliphatic rings. The first-order valence-electron chi connectivity index (χ1n) is 12.5. The smallest absolute Gasteiger partial charge is 0.341 e. The Balaban J connectivity index is 0.000000231. The van der Waals surface area contributed by atoms with Gasteiger partial charge in [-0.25, -0.2) is 28.3 Å². The maximum Gasteiger partial charge on any atom is 0.341 e. The maximum absolute atomic E-state index is 13.1. The molecule has 0 atom stereocenters. The molecule has 0 amide bonds. The van der Waals surface area contributed by atoms with Crippen LogP contribution in [0.15, 0.2) is 77.5 Å². The van der Waals surface area contributed by atoms with Gasteiger partial charge in [-0.3, -0.25) is 0 Å². The zero-order valence-corrected chi connectivity index (χ0v) is 24.0. The van der Waals surface area contributed by atoms with E-state index in [2.05, 4.69) is 41.3 Å². The number of anilines is 2. The summed E-state index contributed by atoms with van der Waals surface area (Å²) in [6.45, 7) is 0.935. The number of esters is 1. The molecule has 0 spiro atoms. The monoisotopic (exact) mass is 637 g/mol. The van der Waals surface area contributed by atoms with E-state index in [1.54, 1.807) is 12.1 Å². The van der Waals surface area contributed by atoms with Crippen molar-refractivity contribution in [2.24, 2.45) is 0 Å². The fraction of sp³-hybridized carbons (Fsp3) is 0.167. The first-order valence-corrected chi connectivity index (χ1v) is 13.3. The minimum absolute atomic E-state index is 0.0959. The number of hydrogen-bond acceptors (Lipinski definition) is 8. The second-order valence-corrected chi connectivity index (χ2v) is 9.61. The molecule has 3 N–H and O–H groups in total. The molecule has 0 bridgehead atoms. The normalized spacial score (nSPS) is 10.1. The van der Waals surface area contributed by atoms with Gasteiger partial charge in [0, 0.05) is 30.0 Å². The van der Waals surface area contributed by atoms with Crippen LogP contribution in [0.5, 0.6) is 0 Å². The summed E-state index contributed by atoms with van der Waals surface area (Å²) in [4.78, 5) is 30.9. The van der Waals surface area contributed by atoms with Crippen LogP contribution in [0.25, 0.3) is 0 Å². The molecule has 216 valence electrons. The van der Waals surface area contributed by atoms with Crippen LogP contribution in [-0.4, -0.2) is 47.2 Å². The van der Waals surface area contributed by atoms with Crippen LogP contribution in [0.3, 0.4) is 0 Å². The van der Waals surface area contributed by atoms with E-state index in [1.165, 1.54) is 55.9 Å². The highest BCUT2D eigenvalue weighted by Gasteiger charge is 2.14. The summed E-state index contributed by atoms with van der Waals surface area (Å²) >= 11 is 3.18. The molecule has 4 aromatic rings. The van der Waals surface area contributed by atoms with E-state index in [9.17, 15) is 18.4 Å². The van der Waals surface area contributed by atoms with Crippen molar-refractivity contribution in [2.75, 3.05) is 30.8 Å². The van der Waals surface area contributed by atoms with Crippen LogP contribution in [0.2, 0.25) is 0 Å². The van der Waals surface area contributed by atoms with Crippen LogP contribution in [0.4, 0.5) is 20.4 Å². The fourth-order valence-corrected chi connectivity index (χ4v) is 4.04. The van der Waals surface area contributed by atoms with Gasteiger partial charge in [0.1, 0.15) is 40.5 Å². The quantitative estimate of drug-likeness (QED) is 0.182. The van der Waals surface area contributed by atoms with E-state index < -0.39 is 11.9 Å². The number of aromatic nitrogens is 2. The highest BCUT2D eigenvalue weighted by atomic mass is 79.9. The highest BCUT2D eigenvalue weighted by molar-refractivity contribution is 9.10. The van der Waals surface area contributed by atoms with Gasteiger partial charge in [-0.2, -0.15) is 5.26 Å². The van der Waals surface area contributed by atoms with Crippen LogP contribution in [0, 0.1) is 23.0 Å². The zero-order chi connectivity index (χ0) is 30.5. The van der Waals surface area contributed by atoms with Crippen molar-refractivity contribution in [1.82, 2.24) is 9.97 Å². The number of ether oxygens (including phenoxy) is 1. The van der Waals surface area contributed by atoms with Gasteiger partial charge in [-0.1, -0.05) is 24.3 Å². The zero-order valence-electron chi connectivity index (χ0n) is 22.4. The van der Waals surface area contributed by atoms with Crippen molar-refractivity contribution >= 4 is 39.5 Å². The van der Waals surface area contributed by atoms with Gasteiger partial charge in [-0.15, -0.1) is 0 Å². The van der Waals surface area contributed by atoms with Crippen LogP contribution >= 0.6 is 15.9 Å². The minimum atomic E-state index is -1.05. The van der Waals surface area contributed by atoms with Crippen LogP contribution in [-0.2, 0) is 17.6 Å². The number of benzene rings is 2. The molecule has 0 saturated carbocycles. The Morgan fingerprint density at radius 1 is 0.905 bits per heavy atom. The maximum atomic E-state index is 13.1. The van der Waals surface area contributed by atoms with Crippen LogP contribution in [0.1, 0.15) is 37.4 Å². The topological polar surface area (TPSA) is 137 Å². The number of carbonyl (C=O) groups is 2. The van der Waals surface area contributed by atoms with Crippen molar-refractivity contribution in [1.29, 1.82) is 5.26 Å². The van der Waals surface area contributed by atoms with E-state index in [0.717, 1.165) is 11.1 Å². The van der Waals surface area contributed by atoms with E-state index in [0.29, 0.717) is 42.0 Å². The molecule has 0 saturated heterocycles. The van der Waals surface area contributed by atoms with E-state index in [1.807, 2.05) is 18.2 Å². The van der Waals surface area contributed by atoms with Crippen molar-refractivity contribution in [3.05, 3.63) is 117 Å². The van der Waals surface area contributed by atoms with Gasteiger partial charge >= 0.3 is 11.9 Å². The summed E-state index contributed by atoms with van der Waals surface area (Å²) in [5.74, 6) is -1.55. The predicted octanol–water partition coefficient (Wildman–Crippen LogP) is 5.87. The number of aromatic carboxylic acids is 1. The molecule has 0 fully saturated rings. The van der Waals surface area contributed by atoms with Gasteiger partial charge < -0.3 is 20.5 Å². The number of carbonyl (C=O) groups excluding carboxylic acids is 1. The van der Waals surface area contributed by atoms with Gasteiger partial charge in [0.15, 0.2) is 0 Å². The lowest BCUT2D eigenvalue weighted by molar-refractivity contribution is 0.0600. The van der Waals surface area contributed by atoms with E-state index in [4.69, 9.17) is 10.4 Å². The fourth-order valence-electron chi connectivity index (χ4n) is 3.71. The molecular weight excluding hydrogens is 612 g/mol. The first-order chi connectivity index (χ1) is 20.2. The molecule has 2 heterocycles. The Labute approximate surface area is 249 Å². The number of halogens is 3. The van der Waals surface area contributed by atoms with Gasteiger partial charge in [0.2, 0.25) is 0 Å². The summed E-state index contributed by atoms with van der Waals surface area (Å²) in [6, 6.07) is 17.4. The number of methoxy groups -OCH3 is 1. The van der Waals surface area contributed by atoms with Crippen molar-refractivity contribution in [3.8, 4) is 6.07 Å². The average molecular weight is 638 g/mol. The molecule has 2 aromatic heterocycles. The van der Waals surface area contributed by atoms with Crippen molar-refractivity contribution < 1.29 is 28.2 Å². The number of nitriles is 1. The lowest BCUT2D eigenvalue weighted by atomic mass is 10.1. The van der Waals surface area contributed by atoms with Gasteiger partial charge in [-0.05, 0) is 76.3 Å². The molecule has 9 nitrogen and oxygen atoms in total. The van der Waals surface area contributed by atoms with Gasteiger partial charge in [0.05, 0.1) is 12.7 Å². The lowest BCUT2D eigenvalue weighted by Crippen LogP contribution is -2.12. The van der Waals surface area contributed by atoms with Gasteiger partial charge in [0.25, 0.3) is 0 Å². The predicted molar refractivity (Wildman–Crippen MR) is 156 cm³/mol. The molecule has 0 unspecified atom stereocenters. The van der Waals surface area contributed by atoms with Crippen LogP contribution < -0.4 is 10.6 Å². The molecule has 12 heteroatoms. The summed E-state index contributed by atoms with van der Waals surface area (Å²) in [6.07, 6.45) is 4.04. The SMILES string of the molecule is COC(=O)c1cc(C#N)cnc1NCCc1cccc(F)c1.O=C(O)c1cc(Br)cnc1NCCc1cccc(F)c1. The summed E-state index contributed by atoms with van der Waals surface area (Å²) < 4.78 is 31.4. The highest BCUT2D eigenvalue weighted by Crippen LogP contribution is 2.18. The van der Waals surface area contributed by atoms with E-state index >= 15 is 0 Å². The third-order valence-electron chi connectivity index (χ3n) is 5.70. The first kappa shape index (κ1) is 31.6. The lowest BCUT2D eigenvalue weighted by Gasteiger charge is -2.10. The molecule has 42 heavy (non-hydrogen) atoms. The van der Waals surface area contributed by atoms with Crippen molar-refractivity contribution in [2.45, 2.75) is 12.8 Å². The molecule has 0 aliphatic carbocycles. The third-order valence-corrected chi connectivity index (χ3v) is 6.13. The Morgan fingerprint density at radius 3 is 1.95 bits per heavy atom. The standard InChI is InChI=1S/C16H14FN3O2.C14H12BrFN2O2/c1-22-16(21)14-8-12(9-18)10-20-15(14)19-6-5-11-3-2-4-13(17)7-11;15-10-7-12(14(19)20)13(18-8-10)17-5-4-9-2-1-3-11(16)6-9/h2-4,7-8,10H,5-6H2,1H3,(H,19,20);1-3,6-8H,4-5H2,(H,17,18)(H,19,20). The van der Waals surface area contributed by atoms with Crippen molar-refractivity contribution in [3.63, 3.8) is 0 Å². The number of hydrogen-bond donors (Lipinski definition) is 3. The number of nitrogens with one attached hydrogen (secondary N) is 2. The Kier molecular flexibility index (Phi) is 11.9. The third kappa shape index (κ3) is 9.64. The average Bonchev–Trinajstić information content (AvgIpc) is 2.98. The second kappa shape index (κ2) is 15.8. The second-order valence-electron chi connectivity index (χ2n) is 8.69. The number of carboxylic acid groups (broad SMARTS) is 1. The number of carboxylic acids is 1. The molecular formula is C30H26BrF2N5O4. The minimum Gasteiger partial charge on any atom is -0.478 e. The summed E-state index contributed by atoms with van der Waals surface area (Å²) in [5.41, 5.74) is 2.24. The molecule has 4 rings (SSSR count). The summed E-state index contributed by atoms with van der Waals surface area (Å²) in [7, 11) is 1.26. The number of pyridine rings is 2. The Morgan fingerprint density at radius 2 is 1.45 bits per heavy atom. The molecule has 0 radical (unpaired) electrons. The Hall–Kier alpha value is -4.89. The Bertz CT molecular complexity index is 1600.